The topological polar surface area (TPSA) is 90.0 Å². The molecule has 1 aromatic carbocycles. The van der Waals surface area contributed by atoms with Crippen LogP contribution < -0.4 is 4.74 Å². The molecule has 1 amide bonds. The van der Waals surface area contributed by atoms with Crippen LogP contribution in [0, 0.1) is 0 Å². The highest BCUT2D eigenvalue weighted by molar-refractivity contribution is 7.91. The summed E-state index contributed by atoms with van der Waals surface area (Å²) in [5.74, 6) is -1.17. The number of carbonyl (C=O) groups excluding carboxylic acids is 2. The van der Waals surface area contributed by atoms with Crippen LogP contribution in [0.4, 0.5) is 0 Å². The van der Waals surface area contributed by atoms with Gasteiger partial charge in [0.25, 0.3) is 0 Å². The lowest BCUT2D eigenvalue weighted by Gasteiger charge is -2.33. The van der Waals surface area contributed by atoms with Crippen molar-refractivity contribution in [2.75, 3.05) is 31.8 Å². The smallest absolute Gasteiger partial charge is 0.329 e. The first-order valence-electron chi connectivity index (χ1n) is 7.89. The Hall–Kier alpha value is -1.51. The van der Waals surface area contributed by atoms with Crippen LogP contribution in [0.2, 0.25) is 10.0 Å². The quantitative estimate of drug-likeness (QED) is 0.512. The van der Waals surface area contributed by atoms with E-state index >= 15 is 0 Å². The number of ether oxygens (including phenoxy) is 2. The lowest BCUT2D eigenvalue weighted by Crippen LogP contribution is -2.55. The number of sulfone groups is 1. The molecule has 0 radical (unpaired) electrons. The number of amides is 1. The second-order valence-corrected chi connectivity index (χ2v) is 8.84. The molecular weight excluding hydrogens is 405 g/mol. The third-order valence-electron chi connectivity index (χ3n) is 3.91. The Bertz CT molecular complexity index is 783. The molecule has 2 rings (SSSR count). The summed E-state index contributed by atoms with van der Waals surface area (Å²) in [5.41, 5.74) is 0. The monoisotopic (exact) mass is 423 g/mol. The lowest BCUT2D eigenvalue weighted by atomic mass is 10.2. The predicted molar refractivity (Wildman–Crippen MR) is 97.4 cm³/mol. The highest BCUT2D eigenvalue weighted by Gasteiger charge is 2.38. The number of methoxy groups -OCH3 is 1. The van der Waals surface area contributed by atoms with Crippen molar-refractivity contribution in [2.45, 2.75) is 18.9 Å². The Morgan fingerprint density at radius 1 is 1.31 bits per heavy atom. The zero-order valence-corrected chi connectivity index (χ0v) is 16.4. The third kappa shape index (κ3) is 5.49. The van der Waals surface area contributed by atoms with E-state index in [0.29, 0.717) is 22.2 Å². The van der Waals surface area contributed by atoms with E-state index in [1.165, 1.54) is 4.90 Å². The van der Waals surface area contributed by atoms with Crippen molar-refractivity contribution in [3.05, 3.63) is 28.2 Å². The summed E-state index contributed by atoms with van der Waals surface area (Å²) in [6, 6.07) is 3.73. The van der Waals surface area contributed by atoms with Gasteiger partial charge in [-0.25, -0.2) is 13.2 Å². The third-order valence-corrected chi connectivity index (χ3v) is 6.07. The Morgan fingerprint density at radius 2 is 2.04 bits per heavy atom. The summed E-state index contributed by atoms with van der Waals surface area (Å²) < 4.78 is 33.6. The Balaban J connectivity index is 1.88. The van der Waals surface area contributed by atoms with Gasteiger partial charge in [0.15, 0.2) is 9.84 Å². The summed E-state index contributed by atoms with van der Waals surface area (Å²) in [6.45, 7) is 0.215. The van der Waals surface area contributed by atoms with Gasteiger partial charge in [-0.2, -0.15) is 0 Å². The van der Waals surface area contributed by atoms with Crippen LogP contribution in [0.15, 0.2) is 18.2 Å². The minimum Gasteiger partial charge on any atom is -0.492 e. The second kappa shape index (κ2) is 8.92. The Kier molecular flexibility index (Phi) is 7.14. The van der Waals surface area contributed by atoms with Crippen molar-refractivity contribution in [2.24, 2.45) is 0 Å². The van der Waals surface area contributed by atoms with Crippen molar-refractivity contribution in [1.29, 1.82) is 0 Å². The average Bonchev–Trinajstić information content (AvgIpc) is 2.58. The molecule has 0 saturated carbocycles. The molecule has 26 heavy (non-hydrogen) atoms. The number of nitrogens with zero attached hydrogens (tertiary/aromatic N) is 1. The van der Waals surface area contributed by atoms with Crippen LogP contribution in [-0.4, -0.2) is 63.0 Å². The maximum atomic E-state index is 12.4. The van der Waals surface area contributed by atoms with Crippen molar-refractivity contribution < 1.29 is 27.5 Å². The molecule has 1 heterocycles. The molecule has 10 heteroatoms. The first-order valence-corrected chi connectivity index (χ1v) is 10.5. The van der Waals surface area contributed by atoms with Gasteiger partial charge in [0, 0.05) is 18.0 Å². The molecule has 1 aromatic rings. The van der Waals surface area contributed by atoms with Gasteiger partial charge < -0.3 is 14.4 Å². The van der Waals surface area contributed by atoms with Gasteiger partial charge in [-0.3, -0.25) is 4.79 Å². The van der Waals surface area contributed by atoms with Gasteiger partial charge in [-0.1, -0.05) is 23.2 Å². The van der Waals surface area contributed by atoms with Crippen molar-refractivity contribution in [1.82, 2.24) is 4.90 Å². The fraction of sp³-hybridized carbons (Fsp3) is 0.500. The number of carbonyl (C=O) groups is 2. The molecule has 7 nitrogen and oxygen atoms in total. The standard InChI is InChI=1S/C16H19Cl2NO6S/c1-24-16(21)13-10-26(22,23)8-6-19(13)15(20)3-2-7-25-14-5-4-11(17)9-12(14)18/h4-5,9,13H,2-3,6-8,10H2,1H3. The number of rotatable bonds is 6. The molecule has 0 aromatic heterocycles. The van der Waals surface area contributed by atoms with Crippen molar-refractivity contribution >= 4 is 44.9 Å². The van der Waals surface area contributed by atoms with E-state index in [-0.39, 0.29) is 31.2 Å². The van der Waals surface area contributed by atoms with E-state index in [4.69, 9.17) is 27.9 Å². The number of hydrogen-bond acceptors (Lipinski definition) is 6. The highest BCUT2D eigenvalue weighted by atomic mass is 35.5. The summed E-state index contributed by atoms with van der Waals surface area (Å²) in [4.78, 5) is 25.5. The zero-order valence-electron chi connectivity index (χ0n) is 14.1. The van der Waals surface area contributed by atoms with E-state index in [9.17, 15) is 18.0 Å². The summed E-state index contributed by atoms with van der Waals surface area (Å²) in [5, 5.41) is 0.863. The molecule has 0 bridgehead atoms. The van der Waals surface area contributed by atoms with E-state index in [1.54, 1.807) is 18.2 Å². The van der Waals surface area contributed by atoms with Gasteiger partial charge in [-0.05, 0) is 24.6 Å². The van der Waals surface area contributed by atoms with Crippen molar-refractivity contribution in [3.8, 4) is 5.75 Å². The molecule has 0 aliphatic carbocycles. The zero-order chi connectivity index (χ0) is 19.3. The fourth-order valence-electron chi connectivity index (χ4n) is 2.58. The largest absolute Gasteiger partial charge is 0.492 e. The normalized spacial score (nSPS) is 19.0. The van der Waals surface area contributed by atoms with E-state index in [1.807, 2.05) is 0 Å². The molecule has 1 unspecified atom stereocenters. The predicted octanol–water partition coefficient (Wildman–Crippen LogP) is 1.95. The molecule has 0 N–H and O–H groups in total. The maximum Gasteiger partial charge on any atom is 0.329 e. The molecule has 0 spiro atoms. The minimum atomic E-state index is -3.37. The number of halogens is 2. The molecular formula is C16H19Cl2NO6S. The van der Waals surface area contributed by atoms with Gasteiger partial charge in [0.1, 0.15) is 11.8 Å². The van der Waals surface area contributed by atoms with Crippen LogP contribution in [-0.2, 0) is 24.2 Å². The SMILES string of the molecule is COC(=O)C1CS(=O)(=O)CCN1C(=O)CCCOc1ccc(Cl)cc1Cl. The van der Waals surface area contributed by atoms with Gasteiger partial charge in [0.2, 0.25) is 5.91 Å². The van der Waals surface area contributed by atoms with Crippen LogP contribution in [0.3, 0.4) is 0 Å². The van der Waals surface area contributed by atoms with Crippen LogP contribution >= 0.6 is 23.2 Å². The minimum absolute atomic E-state index is 0.0230. The van der Waals surface area contributed by atoms with Gasteiger partial charge in [-0.15, -0.1) is 0 Å². The van der Waals surface area contributed by atoms with Gasteiger partial charge in [0.05, 0.1) is 30.2 Å². The molecule has 144 valence electrons. The Morgan fingerprint density at radius 3 is 2.69 bits per heavy atom. The number of benzene rings is 1. The van der Waals surface area contributed by atoms with E-state index in [2.05, 4.69) is 4.74 Å². The summed E-state index contributed by atoms with van der Waals surface area (Å²) >= 11 is 11.8. The lowest BCUT2D eigenvalue weighted by molar-refractivity contribution is -0.152. The molecule has 1 atom stereocenters. The first kappa shape index (κ1) is 20.8. The second-order valence-electron chi connectivity index (χ2n) is 5.77. The van der Waals surface area contributed by atoms with E-state index in [0.717, 1.165) is 7.11 Å². The van der Waals surface area contributed by atoms with Crippen LogP contribution in [0.1, 0.15) is 12.8 Å². The summed E-state index contributed by atoms with van der Waals surface area (Å²) in [6.07, 6.45) is 0.494. The molecule has 1 aliphatic rings. The van der Waals surface area contributed by atoms with Gasteiger partial charge >= 0.3 is 5.97 Å². The van der Waals surface area contributed by atoms with Crippen molar-refractivity contribution in [3.63, 3.8) is 0 Å². The Labute approximate surface area is 162 Å². The molecule has 1 fully saturated rings. The average molecular weight is 424 g/mol. The van der Waals surface area contributed by atoms with Crippen LogP contribution in [0.5, 0.6) is 5.75 Å². The number of hydrogen-bond donors (Lipinski definition) is 0. The highest BCUT2D eigenvalue weighted by Crippen LogP contribution is 2.27. The first-order chi connectivity index (χ1) is 12.2. The van der Waals surface area contributed by atoms with Crippen LogP contribution in [0.25, 0.3) is 0 Å². The molecule has 1 aliphatic heterocycles. The van der Waals surface area contributed by atoms with E-state index < -0.39 is 27.6 Å². The maximum absolute atomic E-state index is 12.4. The number of esters is 1. The summed E-state index contributed by atoms with van der Waals surface area (Å²) in [7, 11) is -2.21. The fourth-order valence-corrected chi connectivity index (χ4v) is 4.48. The molecule has 1 saturated heterocycles.